The van der Waals surface area contributed by atoms with Crippen molar-refractivity contribution in [3.8, 4) is 0 Å². The molecule has 15 heavy (non-hydrogen) atoms. The summed E-state index contributed by atoms with van der Waals surface area (Å²) in [5.41, 5.74) is 0. The second-order valence-corrected chi connectivity index (χ2v) is 5.49. The molecule has 0 radical (unpaired) electrons. The van der Waals surface area contributed by atoms with E-state index < -0.39 is 0 Å². The van der Waals surface area contributed by atoms with E-state index in [2.05, 4.69) is 5.29 Å². The fourth-order valence-electron chi connectivity index (χ4n) is 4.30. The second kappa shape index (κ2) is 3.76. The highest BCUT2D eigenvalue weighted by Gasteiger charge is 2.50. The van der Waals surface area contributed by atoms with Gasteiger partial charge in [-0.15, -0.1) is 4.91 Å². The normalized spacial score (nSPS) is 44.7. The molecule has 0 aromatic carbocycles. The predicted molar refractivity (Wildman–Crippen MR) is 59.1 cm³/mol. The van der Waals surface area contributed by atoms with Crippen LogP contribution in [0.15, 0.2) is 5.29 Å². The van der Waals surface area contributed by atoms with Gasteiger partial charge in [0.1, 0.15) is 0 Å². The molecule has 0 unspecified atom stereocenters. The third-order valence-electron chi connectivity index (χ3n) is 4.89. The Bertz CT molecular complexity index is 234. The van der Waals surface area contributed by atoms with E-state index in [0.717, 1.165) is 11.8 Å². The molecule has 0 amide bonds. The molecule has 84 valence electrons. The zero-order valence-corrected chi connectivity index (χ0v) is 9.27. The molecule has 1 heterocycles. The summed E-state index contributed by atoms with van der Waals surface area (Å²) < 4.78 is 0. The van der Waals surface area contributed by atoms with Gasteiger partial charge in [-0.3, -0.25) is 5.01 Å². The topological polar surface area (TPSA) is 32.7 Å². The standard InChI is InChI=1S/C12H20N2O/c15-13-14-11-7-3-1-5-9(11)10-6-2-4-8-12(10)14/h9-12H,1-8H2/t9-,10-,11-,12+/m0/s1. The first-order valence-corrected chi connectivity index (χ1v) is 6.53. The molecule has 0 spiro atoms. The average Bonchev–Trinajstić information content (AvgIpc) is 2.63. The van der Waals surface area contributed by atoms with Gasteiger partial charge in [-0.05, 0) is 37.5 Å². The third kappa shape index (κ3) is 1.39. The molecule has 4 atom stereocenters. The summed E-state index contributed by atoms with van der Waals surface area (Å²) in [6, 6.07) is 1.01. The lowest BCUT2D eigenvalue weighted by atomic mass is 9.73. The molecule has 3 heteroatoms. The molecule has 1 aliphatic heterocycles. The molecular formula is C12H20N2O. The maximum atomic E-state index is 11.0. The van der Waals surface area contributed by atoms with Crippen LogP contribution in [-0.2, 0) is 0 Å². The van der Waals surface area contributed by atoms with E-state index >= 15 is 0 Å². The van der Waals surface area contributed by atoms with Crippen molar-refractivity contribution in [3.05, 3.63) is 4.91 Å². The van der Waals surface area contributed by atoms with Gasteiger partial charge < -0.3 is 0 Å². The first kappa shape index (κ1) is 9.61. The van der Waals surface area contributed by atoms with Gasteiger partial charge in [0.05, 0.1) is 17.4 Å². The van der Waals surface area contributed by atoms with Gasteiger partial charge in [0.25, 0.3) is 0 Å². The van der Waals surface area contributed by atoms with Gasteiger partial charge in [0, 0.05) is 0 Å². The molecule has 1 saturated heterocycles. The Morgan fingerprint density at radius 2 is 1.27 bits per heavy atom. The van der Waals surface area contributed by atoms with Gasteiger partial charge in [-0.1, -0.05) is 25.7 Å². The Labute approximate surface area is 91.2 Å². The van der Waals surface area contributed by atoms with E-state index in [1.165, 1.54) is 51.4 Å². The maximum Gasteiger partial charge on any atom is 0.0537 e. The van der Waals surface area contributed by atoms with E-state index in [-0.39, 0.29) is 0 Å². The maximum absolute atomic E-state index is 11.0. The van der Waals surface area contributed by atoms with Crippen LogP contribution in [0.4, 0.5) is 0 Å². The van der Waals surface area contributed by atoms with Crippen molar-refractivity contribution in [1.82, 2.24) is 5.01 Å². The monoisotopic (exact) mass is 208 g/mol. The summed E-state index contributed by atoms with van der Waals surface area (Å²) in [6.45, 7) is 0. The summed E-state index contributed by atoms with van der Waals surface area (Å²) in [4.78, 5) is 11.0. The van der Waals surface area contributed by atoms with Crippen LogP contribution in [0.2, 0.25) is 0 Å². The molecule has 0 bridgehead atoms. The number of nitroso groups, excluding NO2 is 1. The van der Waals surface area contributed by atoms with Gasteiger partial charge in [-0.2, -0.15) is 0 Å². The van der Waals surface area contributed by atoms with Crippen molar-refractivity contribution in [2.45, 2.75) is 63.5 Å². The van der Waals surface area contributed by atoms with E-state index in [0.29, 0.717) is 12.1 Å². The number of fused-ring (bicyclic) bond motifs is 3. The lowest BCUT2D eigenvalue weighted by Gasteiger charge is -2.29. The average molecular weight is 208 g/mol. The highest BCUT2D eigenvalue weighted by atomic mass is 16.3. The highest BCUT2D eigenvalue weighted by molar-refractivity contribution is 5.01. The van der Waals surface area contributed by atoms with E-state index in [1.807, 2.05) is 5.01 Å². The van der Waals surface area contributed by atoms with Crippen molar-refractivity contribution in [3.63, 3.8) is 0 Å². The lowest BCUT2D eigenvalue weighted by Crippen LogP contribution is -2.34. The third-order valence-corrected chi connectivity index (χ3v) is 4.89. The Morgan fingerprint density at radius 3 is 1.73 bits per heavy atom. The van der Waals surface area contributed by atoms with E-state index in [4.69, 9.17) is 0 Å². The number of hydrogen-bond acceptors (Lipinski definition) is 2. The van der Waals surface area contributed by atoms with Crippen LogP contribution in [0.3, 0.4) is 0 Å². The van der Waals surface area contributed by atoms with Crippen LogP contribution < -0.4 is 0 Å². The minimum atomic E-state index is 0.504. The van der Waals surface area contributed by atoms with Crippen molar-refractivity contribution in [2.75, 3.05) is 0 Å². The molecule has 3 aliphatic rings. The lowest BCUT2D eigenvalue weighted by molar-refractivity contribution is 0.142. The summed E-state index contributed by atoms with van der Waals surface area (Å²) in [5, 5.41) is 5.29. The van der Waals surface area contributed by atoms with Crippen molar-refractivity contribution < 1.29 is 0 Å². The molecule has 0 aromatic rings. The van der Waals surface area contributed by atoms with Crippen LogP contribution in [0.25, 0.3) is 0 Å². The van der Waals surface area contributed by atoms with Crippen LogP contribution >= 0.6 is 0 Å². The number of nitrogens with zero attached hydrogens (tertiary/aromatic N) is 2. The van der Waals surface area contributed by atoms with Crippen LogP contribution in [0.5, 0.6) is 0 Å². The summed E-state index contributed by atoms with van der Waals surface area (Å²) in [6.07, 6.45) is 10.5. The first-order valence-electron chi connectivity index (χ1n) is 6.53. The minimum Gasteiger partial charge on any atom is -0.254 e. The zero-order valence-electron chi connectivity index (χ0n) is 9.27. The molecular weight excluding hydrogens is 188 g/mol. The quantitative estimate of drug-likeness (QED) is 0.620. The minimum absolute atomic E-state index is 0.504. The number of rotatable bonds is 1. The second-order valence-electron chi connectivity index (χ2n) is 5.49. The number of hydrogen-bond donors (Lipinski definition) is 0. The van der Waals surface area contributed by atoms with Gasteiger partial charge in [-0.25, -0.2) is 0 Å². The van der Waals surface area contributed by atoms with Crippen molar-refractivity contribution in [1.29, 1.82) is 0 Å². The summed E-state index contributed by atoms with van der Waals surface area (Å²) in [7, 11) is 0. The SMILES string of the molecule is O=NN1[C@@H]2CCCC[C@H]2[C@@H]2CCCC[C@@H]21. The van der Waals surface area contributed by atoms with Crippen molar-refractivity contribution >= 4 is 0 Å². The van der Waals surface area contributed by atoms with Crippen LogP contribution in [0.1, 0.15) is 51.4 Å². The Morgan fingerprint density at radius 1 is 0.800 bits per heavy atom. The Hall–Kier alpha value is -0.600. The first-order chi connectivity index (χ1) is 7.42. The molecule has 3 rings (SSSR count). The van der Waals surface area contributed by atoms with Gasteiger partial charge in [0.2, 0.25) is 0 Å². The molecule has 3 fully saturated rings. The fourth-order valence-corrected chi connectivity index (χ4v) is 4.30. The summed E-state index contributed by atoms with van der Waals surface area (Å²) in [5.74, 6) is 1.59. The van der Waals surface area contributed by atoms with Crippen LogP contribution in [0, 0.1) is 16.7 Å². The molecule has 2 aliphatic carbocycles. The molecule has 2 saturated carbocycles. The Balaban J connectivity index is 1.86. The predicted octanol–water partition coefficient (Wildman–Crippen LogP) is 3.10. The van der Waals surface area contributed by atoms with Crippen LogP contribution in [-0.4, -0.2) is 17.1 Å². The molecule has 0 N–H and O–H groups in total. The molecule has 0 aromatic heterocycles. The van der Waals surface area contributed by atoms with E-state index in [1.54, 1.807) is 0 Å². The van der Waals surface area contributed by atoms with E-state index in [9.17, 15) is 4.91 Å². The van der Waals surface area contributed by atoms with Gasteiger partial charge >= 0.3 is 0 Å². The molecule has 3 nitrogen and oxygen atoms in total. The zero-order chi connectivity index (χ0) is 10.3. The largest absolute Gasteiger partial charge is 0.254 e. The summed E-state index contributed by atoms with van der Waals surface area (Å²) >= 11 is 0. The van der Waals surface area contributed by atoms with Gasteiger partial charge in [0.15, 0.2) is 0 Å². The fraction of sp³-hybridized carbons (Fsp3) is 1.00. The smallest absolute Gasteiger partial charge is 0.0537 e. The Kier molecular flexibility index (Phi) is 2.41. The van der Waals surface area contributed by atoms with Crippen molar-refractivity contribution in [2.24, 2.45) is 17.1 Å². The highest BCUT2D eigenvalue weighted by Crippen LogP contribution is 2.49.